The summed E-state index contributed by atoms with van der Waals surface area (Å²) in [5.41, 5.74) is 6.95. The number of carbonyl (C=O) groups excluding carboxylic acids is 1. The molecule has 1 fully saturated rings. The summed E-state index contributed by atoms with van der Waals surface area (Å²) in [5.74, 6) is -0.0170. The number of amides is 1. The summed E-state index contributed by atoms with van der Waals surface area (Å²) in [4.78, 5) is 13.7. The Morgan fingerprint density at radius 1 is 1.58 bits per heavy atom. The van der Waals surface area contributed by atoms with E-state index in [1.165, 1.54) is 24.3 Å². The van der Waals surface area contributed by atoms with Crippen LogP contribution in [0.1, 0.15) is 24.0 Å². The molecule has 4 N–H and O–H groups in total. The average molecular weight is 331 g/mol. The molecule has 0 saturated carbocycles. The van der Waals surface area contributed by atoms with Gasteiger partial charge in [0.1, 0.15) is 11.6 Å². The molecule has 0 spiro atoms. The fourth-order valence-electron chi connectivity index (χ4n) is 2.68. The molecular formula is C17H22FN5O. The lowest BCUT2D eigenvalue weighted by molar-refractivity contribution is -0.116. The molecular weight excluding hydrogens is 309 g/mol. The maximum atomic E-state index is 13.4. The van der Waals surface area contributed by atoms with Crippen molar-refractivity contribution in [1.29, 1.82) is 5.26 Å². The Morgan fingerprint density at radius 2 is 2.38 bits per heavy atom. The lowest BCUT2D eigenvalue weighted by Gasteiger charge is -2.34. The van der Waals surface area contributed by atoms with Gasteiger partial charge in [-0.25, -0.2) is 4.39 Å². The Morgan fingerprint density at radius 3 is 3.04 bits per heavy atom. The van der Waals surface area contributed by atoms with Gasteiger partial charge in [-0.2, -0.15) is 5.26 Å². The lowest BCUT2D eigenvalue weighted by atomic mass is 10.1. The third kappa shape index (κ3) is 4.70. The van der Waals surface area contributed by atoms with Crippen LogP contribution in [-0.2, 0) is 11.3 Å². The first kappa shape index (κ1) is 17.8. The zero-order valence-corrected chi connectivity index (χ0v) is 13.7. The first-order valence-electron chi connectivity index (χ1n) is 7.90. The van der Waals surface area contributed by atoms with Gasteiger partial charge in [-0.15, -0.1) is 0 Å². The number of hydrogen-bond donors (Lipinski definition) is 3. The van der Waals surface area contributed by atoms with Crippen LogP contribution in [0, 0.1) is 17.1 Å². The van der Waals surface area contributed by atoms with E-state index in [1.807, 2.05) is 11.0 Å². The highest BCUT2D eigenvalue weighted by molar-refractivity contribution is 5.87. The molecule has 6 nitrogen and oxygen atoms in total. The molecule has 1 heterocycles. The quantitative estimate of drug-likeness (QED) is 0.694. The predicted octanol–water partition coefficient (Wildman–Crippen LogP) is 0.797. The van der Waals surface area contributed by atoms with Crippen molar-refractivity contribution in [3.63, 3.8) is 0 Å². The third-order valence-corrected chi connectivity index (χ3v) is 3.96. The van der Waals surface area contributed by atoms with Crippen molar-refractivity contribution in [1.82, 2.24) is 15.5 Å². The topological polar surface area (TPSA) is 94.2 Å². The molecule has 128 valence electrons. The van der Waals surface area contributed by atoms with Crippen molar-refractivity contribution in [2.75, 3.05) is 20.1 Å². The molecule has 1 aromatic carbocycles. The molecule has 2 rings (SSSR count). The van der Waals surface area contributed by atoms with Crippen LogP contribution in [0.25, 0.3) is 0 Å². The monoisotopic (exact) mass is 331 g/mol. The number of nitrogens with one attached hydrogen (secondary N) is 2. The molecule has 0 aliphatic carbocycles. The summed E-state index contributed by atoms with van der Waals surface area (Å²) in [5, 5.41) is 14.8. The number of nitriles is 1. The number of likely N-dealkylation sites (tertiary alicyclic amines) is 1. The summed E-state index contributed by atoms with van der Waals surface area (Å²) in [6.07, 6.45) is 3.35. The van der Waals surface area contributed by atoms with Crippen LogP contribution in [0.3, 0.4) is 0 Å². The minimum atomic E-state index is -0.400. The van der Waals surface area contributed by atoms with Crippen LogP contribution in [0.15, 0.2) is 30.1 Å². The smallest absolute Gasteiger partial charge is 0.247 e. The molecule has 1 saturated heterocycles. The summed E-state index contributed by atoms with van der Waals surface area (Å²) in [7, 11) is 1.55. The van der Waals surface area contributed by atoms with Gasteiger partial charge in [0.25, 0.3) is 0 Å². The zero-order chi connectivity index (χ0) is 17.5. The molecule has 1 atom stereocenters. The van der Waals surface area contributed by atoms with Gasteiger partial charge in [0.15, 0.2) is 0 Å². The zero-order valence-electron chi connectivity index (χ0n) is 13.7. The summed E-state index contributed by atoms with van der Waals surface area (Å²) >= 11 is 0. The number of carbonyl (C=O) groups is 1. The van der Waals surface area contributed by atoms with Gasteiger partial charge >= 0.3 is 0 Å². The second-order valence-electron chi connectivity index (χ2n) is 5.76. The molecule has 0 unspecified atom stereocenters. The summed E-state index contributed by atoms with van der Waals surface area (Å²) in [6.45, 7) is 1.68. The SMILES string of the molecule is CNC(=O)/C=C(\NCc1cc(F)ccc1C#N)N1CCC[C@@H](N)C1. The molecule has 0 aromatic heterocycles. The Bertz CT molecular complexity index is 667. The number of benzene rings is 1. The van der Waals surface area contributed by atoms with E-state index < -0.39 is 5.82 Å². The fourth-order valence-corrected chi connectivity index (χ4v) is 2.68. The highest BCUT2D eigenvalue weighted by Crippen LogP contribution is 2.15. The predicted molar refractivity (Wildman–Crippen MR) is 88.9 cm³/mol. The largest absolute Gasteiger partial charge is 0.367 e. The molecule has 0 bridgehead atoms. The number of nitrogens with zero attached hydrogens (tertiary/aromatic N) is 2. The standard InChI is InChI=1S/C17H22FN5O/c1-21-17(24)8-16(23-6-2-3-15(20)11-23)22-10-13-7-14(18)5-4-12(13)9-19/h4-5,7-8,15,22H,2-3,6,10-11,20H2,1H3,(H,21,24)/b16-8+/t15-/m1/s1. The van der Waals surface area contributed by atoms with Crippen molar-refractivity contribution in [2.24, 2.45) is 5.73 Å². The minimum absolute atomic E-state index is 0.0532. The van der Waals surface area contributed by atoms with Crippen molar-refractivity contribution in [3.05, 3.63) is 47.0 Å². The Hall–Kier alpha value is -2.59. The number of hydrogen-bond acceptors (Lipinski definition) is 5. The normalized spacial score (nSPS) is 18.0. The second kappa shape index (κ2) is 8.31. The van der Waals surface area contributed by atoms with Crippen molar-refractivity contribution >= 4 is 5.91 Å². The fraction of sp³-hybridized carbons (Fsp3) is 0.412. The Balaban J connectivity index is 2.17. The van der Waals surface area contributed by atoms with Gasteiger partial charge in [-0.3, -0.25) is 4.79 Å². The van der Waals surface area contributed by atoms with E-state index in [4.69, 9.17) is 11.0 Å². The molecule has 1 aromatic rings. The van der Waals surface area contributed by atoms with E-state index in [0.717, 1.165) is 19.4 Å². The summed E-state index contributed by atoms with van der Waals surface area (Å²) < 4.78 is 13.4. The highest BCUT2D eigenvalue weighted by Gasteiger charge is 2.19. The van der Waals surface area contributed by atoms with Crippen LogP contribution in [0.4, 0.5) is 4.39 Å². The van der Waals surface area contributed by atoms with Crippen LogP contribution >= 0.6 is 0 Å². The van der Waals surface area contributed by atoms with E-state index in [9.17, 15) is 9.18 Å². The number of nitrogens with two attached hydrogens (primary N) is 1. The number of likely N-dealkylation sites (N-methyl/N-ethyl adjacent to an activating group) is 1. The van der Waals surface area contributed by atoms with Crippen LogP contribution in [-0.4, -0.2) is 37.0 Å². The van der Waals surface area contributed by atoms with Gasteiger partial charge < -0.3 is 21.3 Å². The van der Waals surface area contributed by atoms with Gasteiger partial charge in [0, 0.05) is 38.8 Å². The number of piperidine rings is 1. The molecule has 1 amide bonds. The van der Waals surface area contributed by atoms with Gasteiger partial charge in [-0.05, 0) is 36.6 Å². The minimum Gasteiger partial charge on any atom is -0.367 e. The third-order valence-electron chi connectivity index (χ3n) is 3.96. The maximum Gasteiger partial charge on any atom is 0.247 e. The maximum absolute atomic E-state index is 13.4. The molecule has 1 aliphatic heterocycles. The van der Waals surface area contributed by atoms with Gasteiger partial charge in [0.05, 0.1) is 11.6 Å². The van der Waals surface area contributed by atoms with Crippen molar-refractivity contribution in [3.8, 4) is 6.07 Å². The Kier molecular flexibility index (Phi) is 6.15. The molecule has 24 heavy (non-hydrogen) atoms. The molecule has 0 radical (unpaired) electrons. The second-order valence-corrected chi connectivity index (χ2v) is 5.76. The van der Waals surface area contributed by atoms with Gasteiger partial charge in [0.2, 0.25) is 5.91 Å². The van der Waals surface area contributed by atoms with E-state index in [2.05, 4.69) is 10.6 Å². The van der Waals surface area contributed by atoms with Crippen molar-refractivity contribution in [2.45, 2.75) is 25.4 Å². The average Bonchev–Trinajstić information content (AvgIpc) is 2.58. The van der Waals surface area contributed by atoms with Crippen molar-refractivity contribution < 1.29 is 9.18 Å². The Labute approximate surface area is 141 Å². The number of halogens is 1. The lowest BCUT2D eigenvalue weighted by Crippen LogP contribution is -2.45. The van der Waals surface area contributed by atoms with E-state index in [-0.39, 0.29) is 18.5 Å². The molecule has 7 heteroatoms. The molecule has 1 aliphatic rings. The van der Waals surface area contributed by atoms with Crippen LogP contribution in [0.5, 0.6) is 0 Å². The van der Waals surface area contributed by atoms with Crippen LogP contribution < -0.4 is 16.4 Å². The van der Waals surface area contributed by atoms with Crippen LogP contribution in [0.2, 0.25) is 0 Å². The van der Waals surface area contributed by atoms with E-state index in [1.54, 1.807) is 7.05 Å². The first-order valence-corrected chi connectivity index (χ1v) is 7.90. The first-order chi connectivity index (χ1) is 11.5. The van der Waals surface area contributed by atoms with E-state index in [0.29, 0.717) is 23.5 Å². The van der Waals surface area contributed by atoms with E-state index >= 15 is 0 Å². The highest BCUT2D eigenvalue weighted by atomic mass is 19.1. The number of rotatable bonds is 5. The summed E-state index contributed by atoms with van der Waals surface area (Å²) in [6, 6.07) is 6.13. The van der Waals surface area contributed by atoms with Gasteiger partial charge in [-0.1, -0.05) is 0 Å².